The second kappa shape index (κ2) is 7.31. The fourth-order valence-corrected chi connectivity index (χ4v) is 3.74. The summed E-state index contributed by atoms with van der Waals surface area (Å²) in [6.07, 6.45) is 5.33. The van der Waals surface area contributed by atoms with Crippen LogP contribution in [0.25, 0.3) is 0 Å². The largest absolute Gasteiger partial charge is 0.371 e. The molecule has 0 aromatic heterocycles. The molecular formula is C19H32N2. The summed E-state index contributed by atoms with van der Waals surface area (Å²) >= 11 is 0. The molecule has 1 aliphatic heterocycles. The van der Waals surface area contributed by atoms with E-state index in [1.54, 1.807) is 0 Å². The highest BCUT2D eigenvalue weighted by Gasteiger charge is 2.31. The van der Waals surface area contributed by atoms with Crippen LogP contribution in [0, 0.1) is 5.41 Å². The van der Waals surface area contributed by atoms with Crippen molar-refractivity contribution < 1.29 is 0 Å². The van der Waals surface area contributed by atoms with Crippen LogP contribution in [0.15, 0.2) is 24.3 Å². The summed E-state index contributed by atoms with van der Waals surface area (Å²) in [5, 5.41) is 3.55. The third-order valence-corrected chi connectivity index (χ3v) is 5.58. The van der Waals surface area contributed by atoms with Crippen molar-refractivity contribution in [3.63, 3.8) is 0 Å². The van der Waals surface area contributed by atoms with E-state index in [-0.39, 0.29) is 0 Å². The molecule has 2 rings (SSSR count). The van der Waals surface area contributed by atoms with Crippen molar-refractivity contribution in [3.8, 4) is 0 Å². The Morgan fingerprint density at radius 2 is 1.71 bits per heavy atom. The number of hydrogen-bond acceptors (Lipinski definition) is 2. The summed E-state index contributed by atoms with van der Waals surface area (Å²) < 4.78 is 0. The van der Waals surface area contributed by atoms with Gasteiger partial charge in [-0.3, -0.25) is 0 Å². The first-order valence-electron chi connectivity index (χ1n) is 8.73. The van der Waals surface area contributed by atoms with Gasteiger partial charge in [0.15, 0.2) is 0 Å². The van der Waals surface area contributed by atoms with Gasteiger partial charge in [0.2, 0.25) is 0 Å². The van der Waals surface area contributed by atoms with Gasteiger partial charge in [-0.05, 0) is 43.4 Å². The SMILES string of the molecule is CCNC(C)c1ccccc1N1CCC(CC)(CC)CC1. The Morgan fingerprint density at radius 1 is 1.10 bits per heavy atom. The Labute approximate surface area is 130 Å². The van der Waals surface area contributed by atoms with Crippen LogP contribution in [-0.2, 0) is 0 Å². The van der Waals surface area contributed by atoms with E-state index in [0.29, 0.717) is 11.5 Å². The molecule has 0 amide bonds. The van der Waals surface area contributed by atoms with Crippen molar-refractivity contribution in [1.29, 1.82) is 0 Å². The molecule has 0 aliphatic carbocycles. The molecule has 0 bridgehead atoms. The Bertz CT molecular complexity index is 427. The Hall–Kier alpha value is -1.02. The van der Waals surface area contributed by atoms with Crippen molar-refractivity contribution in [2.75, 3.05) is 24.5 Å². The second-order valence-corrected chi connectivity index (χ2v) is 6.53. The first kappa shape index (κ1) is 16.4. The summed E-state index contributed by atoms with van der Waals surface area (Å²) in [4.78, 5) is 2.60. The number of rotatable bonds is 6. The zero-order valence-corrected chi connectivity index (χ0v) is 14.3. The summed E-state index contributed by atoms with van der Waals surface area (Å²) in [5.74, 6) is 0. The molecule has 1 saturated heterocycles. The van der Waals surface area contributed by atoms with Gasteiger partial charge < -0.3 is 10.2 Å². The highest BCUT2D eigenvalue weighted by Crippen LogP contribution is 2.40. The third kappa shape index (κ3) is 3.60. The van der Waals surface area contributed by atoms with E-state index in [1.165, 1.54) is 50.0 Å². The lowest BCUT2D eigenvalue weighted by Crippen LogP contribution is -2.40. The van der Waals surface area contributed by atoms with Crippen molar-refractivity contribution in [2.45, 2.75) is 59.4 Å². The van der Waals surface area contributed by atoms with E-state index in [4.69, 9.17) is 0 Å². The number of nitrogens with zero attached hydrogens (tertiary/aromatic N) is 1. The molecule has 1 N–H and O–H groups in total. The van der Waals surface area contributed by atoms with E-state index >= 15 is 0 Å². The molecule has 118 valence electrons. The maximum absolute atomic E-state index is 3.55. The quantitative estimate of drug-likeness (QED) is 0.811. The zero-order valence-electron chi connectivity index (χ0n) is 14.3. The number of nitrogens with one attached hydrogen (secondary N) is 1. The lowest BCUT2D eigenvalue weighted by molar-refractivity contribution is 0.199. The van der Waals surface area contributed by atoms with Crippen LogP contribution in [-0.4, -0.2) is 19.6 Å². The molecule has 2 heteroatoms. The molecule has 0 spiro atoms. The number of anilines is 1. The van der Waals surface area contributed by atoms with E-state index < -0.39 is 0 Å². The van der Waals surface area contributed by atoms with Gasteiger partial charge in [-0.2, -0.15) is 0 Å². The van der Waals surface area contributed by atoms with Crippen molar-refractivity contribution in [1.82, 2.24) is 5.32 Å². The van der Waals surface area contributed by atoms with Gasteiger partial charge in [0, 0.05) is 24.8 Å². The molecule has 1 aromatic rings. The van der Waals surface area contributed by atoms with E-state index in [1.807, 2.05) is 0 Å². The predicted molar refractivity (Wildman–Crippen MR) is 93.0 cm³/mol. The van der Waals surface area contributed by atoms with Crippen molar-refractivity contribution in [3.05, 3.63) is 29.8 Å². The average Bonchev–Trinajstić information content (AvgIpc) is 2.55. The van der Waals surface area contributed by atoms with Crippen LogP contribution in [0.3, 0.4) is 0 Å². The molecule has 1 heterocycles. The lowest BCUT2D eigenvalue weighted by atomic mass is 9.74. The minimum atomic E-state index is 0.426. The van der Waals surface area contributed by atoms with E-state index in [9.17, 15) is 0 Å². The molecule has 21 heavy (non-hydrogen) atoms. The fraction of sp³-hybridized carbons (Fsp3) is 0.684. The monoisotopic (exact) mass is 288 g/mol. The van der Waals surface area contributed by atoms with Gasteiger partial charge in [0.1, 0.15) is 0 Å². The molecule has 1 unspecified atom stereocenters. The molecule has 0 saturated carbocycles. The molecule has 1 aliphatic rings. The fourth-order valence-electron chi connectivity index (χ4n) is 3.74. The molecular weight excluding hydrogens is 256 g/mol. The van der Waals surface area contributed by atoms with Crippen LogP contribution in [0.2, 0.25) is 0 Å². The van der Waals surface area contributed by atoms with Gasteiger partial charge in [0.05, 0.1) is 0 Å². The summed E-state index contributed by atoms with van der Waals surface area (Å²) in [6, 6.07) is 9.35. The second-order valence-electron chi connectivity index (χ2n) is 6.53. The normalized spacial score (nSPS) is 19.5. The number of benzene rings is 1. The van der Waals surface area contributed by atoms with Gasteiger partial charge in [-0.25, -0.2) is 0 Å². The Morgan fingerprint density at radius 3 is 2.29 bits per heavy atom. The average molecular weight is 288 g/mol. The highest BCUT2D eigenvalue weighted by molar-refractivity contribution is 5.55. The maximum Gasteiger partial charge on any atom is 0.0414 e. The minimum absolute atomic E-state index is 0.426. The van der Waals surface area contributed by atoms with Gasteiger partial charge in [0.25, 0.3) is 0 Å². The Balaban J connectivity index is 2.13. The Kier molecular flexibility index (Phi) is 5.69. The number of hydrogen-bond donors (Lipinski definition) is 1. The zero-order chi connectivity index (χ0) is 15.3. The summed E-state index contributed by atoms with van der Waals surface area (Å²) in [7, 11) is 0. The summed E-state index contributed by atoms with van der Waals surface area (Å²) in [6.45, 7) is 12.6. The smallest absolute Gasteiger partial charge is 0.0414 e. The topological polar surface area (TPSA) is 15.3 Å². The third-order valence-electron chi connectivity index (χ3n) is 5.58. The number of para-hydroxylation sites is 1. The van der Waals surface area contributed by atoms with Crippen molar-refractivity contribution in [2.24, 2.45) is 5.41 Å². The molecule has 0 radical (unpaired) electrons. The molecule has 1 fully saturated rings. The molecule has 2 nitrogen and oxygen atoms in total. The van der Waals surface area contributed by atoms with Crippen LogP contribution in [0.4, 0.5) is 5.69 Å². The van der Waals surface area contributed by atoms with Crippen LogP contribution < -0.4 is 10.2 Å². The van der Waals surface area contributed by atoms with Crippen LogP contribution >= 0.6 is 0 Å². The standard InChI is InChI=1S/C19H32N2/c1-5-19(6-2)12-14-21(15-13-19)18-11-9-8-10-17(18)16(4)20-7-3/h8-11,16,20H,5-7,12-15H2,1-4H3. The maximum atomic E-state index is 3.55. The van der Waals surface area contributed by atoms with Crippen molar-refractivity contribution >= 4 is 5.69 Å². The lowest BCUT2D eigenvalue weighted by Gasteiger charge is -2.42. The van der Waals surface area contributed by atoms with Gasteiger partial charge in [-0.1, -0.05) is 51.8 Å². The van der Waals surface area contributed by atoms with E-state index in [0.717, 1.165) is 6.54 Å². The number of piperidine rings is 1. The highest BCUT2D eigenvalue weighted by atomic mass is 15.1. The molecule has 1 aromatic carbocycles. The van der Waals surface area contributed by atoms with Crippen LogP contribution in [0.5, 0.6) is 0 Å². The van der Waals surface area contributed by atoms with Crippen LogP contribution in [0.1, 0.15) is 65.0 Å². The predicted octanol–water partition coefficient (Wildman–Crippen LogP) is 4.76. The summed E-state index contributed by atoms with van der Waals surface area (Å²) in [5.41, 5.74) is 3.48. The first-order valence-corrected chi connectivity index (χ1v) is 8.73. The van der Waals surface area contributed by atoms with E-state index in [2.05, 4.69) is 62.2 Å². The molecule has 1 atom stereocenters. The first-order chi connectivity index (χ1) is 10.2. The van der Waals surface area contributed by atoms with Gasteiger partial charge in [-0.15, -0.1) is 0 Å². The minimum Gasteiger partial charge on any atom is -0.371 e. The van der Waals surface area contributed by atoms with Gasteiger partial charge >= 0.3 is 0 Å².